The van der Waals surface area contributed by atoms with Gasteiger partial charge in [0.1, 0.15) is 12.2 Å². The van der Waals surface area contributed by atoms with Crippen LogP contribution in [0.15, 0.2) is 48.5 Å². The molecule has 0 saturated heterocycles. The Balaban J connectivity index is 1.60. The van der Waals surface area contributed by atoms with Gasteiger partial charge in [0.05, 0.1) is 6.42 Å². The zero-order valence-electron chi connectivity index (χ0n) is 19.3. The molecule has 1 aliphatic carbocycles. The number of hydrogen-bond acceptors (Lipinski definition) is 4. The van der Waals surface area contributed by atoms with Crippen LogP contribution in [0.3, 0.4) is 0 Å². The number of esters is 1. The van der Waals surface area contributed by atoms with E-state index in [4.69, 9.17) is 9.47 Å². The van der Waals surface area contributed by atoms with Crippen molar-refractivity contribution in [3.05, 3.63) is 59.7 Å². The normalized spacial score (nSPS) is 14.4. The molecule has 1 N–H and O–H groups in total. The second-order valence-electron chi connectivity index (χ2n) is 9.94. The number of carbonyl (C=O) groups excluding carboxylic acids is 2. The van der Waals surface area contributed by atoms with Crippen LogP contribution in [0, 0.1) is 5.41 Å². The molecule has 0 aliphatic heterocycles. The number of benzene rings is 2. The minimum atomic E-state index is -0.531. The first-order chi connectivity index (χ1) is 14.5. The fourth-order valence-corrected chi connectivity index (χ4v) is 3.91. The van der Waals surface area contributed by atoms with Gasteiger partial charge in [-0.3, -0.25) is 4.79 Å². The molecule has 1 unspecified atom stereocenters. The van der Waals surface area contributed by atoms with E-state index < -0.39 is 17.1 Å². The van der Waals surface area contributed by atoms with E-state index in [-0.39, 0.29) is 31.0 Å². The van der Waals surface area contributed by atoms with Crippen LogP contribution < -0.4 is 5.32 Å². The Morgan fingerprint density at radius 1 is 0.935 bits per heavy atom. The van der Waals surface area contributed by atoms with Gasteiger partial charge < -0.3 is 14.8 Å². The topological polar surface area (TPSA) is 64.6 Å². The molecule has 0 heterocycles. The molecule has 2 aromatic carbocycles. The summed E-state index contributed by atoms with van der Waals surface area (Å²) in [7, 11) is 0. The summed E-state index contributed by atoms with van der Waals surface area (Å²) in [6.45, 7) is 11.5. The van der Waals surface area contributed by atoms with Crippen molar-refractivity contribution < 1.29 is 19.1 Å². The maximum absolute atomic E-state index is 12.5. The Morgan fingerprint density at radius 2 is 1.45 bits per heavy atom. The lowest BCUT2D eigenvalue weighted by Crippen LogP contribution is -2.45. The van der Waals surface area contributed by atoms with Crippen molar-refractivity contribution in [2.45, 2.75) is 65.5 Å². The van der Waals surface area contributed by atoms with E-state index in [1.54, 1.807) is 0 Å². The van der Waals surface area contributed by atoms with Gasteiger partial charge in [0.2, 0.25) is 0 Å². The number of nitrogens with one attached hydrogen (secondary N) is 1. The molecule has 1 atom stereocenters. The number of carbonyl (C=O) groups is 2. The van der Waals surface area contributed by atoms with Gasteiger partial charge in [0, 0.05) is 12.0 Å². The average molecular weight is 424 g/mol. The van der Waals surface area contributed by atoms with Gasteiger partial charge in [-0.1, -0.05) is 62.4 Å². The molecular formula is C26H33NO4. The van der Waals surface area contributed by atoms with Crippen LogP contribution in [-0.2, 0) is 14.3 Å². The van der Waals surface area contributed by atoms with Crippen LogP contribution in [0.5, 0.6) is 0 Å². The van der Waals surface area contributed by atoms with Crippen molar-refractivity contribution in [2.24, 2.45) is 5.41 Å². The zero-order valence-corrected chi connectivity index (χ0v) is 19.3. The Hall–Kier alpha value is -2.82. The molecule has 0 spiro atoms. The quantitative estimate of drug-likeness (QED) is 0.608. The average Bonchev–Trinajstić information content (AvgIpc) is 2.98. The first-order valence-corrected chi connectivity index (χ1v) is 10.8. The molecule has 2 aromatic rings. The van der Waals surface area contributed by atoms with E-state index in [0.717, 1.165) is 0 Å². The summed E-state index contributed by atoms with van der Waals surface area (Å²) >= 11 is 0. The second-order valence-corrected chi connectivity index (χ2v) is 9.94. The van der Waals surface area contributed by atoms with Crippen molar-refractivity contribution in [1.82, 2.24) is 5.32 Å². The van der Waals surface area contributed by atoms with E-state index in [1.165, 1.54) is 22.3 Å². The summed E-state index contributed by atoms with van der Waals surface area (Å²) in [5.41, 5.74) is 3.73. The minimum Gasteiger partial charge on any atom is -0.460 e. The summed E-state index contributed by atoms with van der Waals surface area (Å²) in [5.74, 6) is -0.262. The first-order valence-electron chi connectivity index (χ1n) is 10.8. The van der Waals surface area contributed by atoms with Crippen LogP contribution >= 0.6 is 0 Å². The fourth-order valence-electron chi connectivity index (χ4n) is 3.91. The van der Waals surface area contributed by atoms with Gasteiger partial charge in [-0.05, 0) is 55.4 Å². The van der Waals surface area contributed by atoms with Crippen LogP contribution in [-0.4, -0.2) is 30.3 Å². The van der Waals surface area contributed by atoms with Gasteiger partial charge in [-0.25, -0.2) is 4.79 Å². The van der Waals surface area contributed by atoms with E-state index >= 15 is 0 Å². The van der Waals surface area contributed by atoms with Crippen molar-refractivity contribution in [3.8, 4) is 11.1 Å². The smallest absolute Gasteiger partial charge is 0.407 e. The number of rotatable bonds is 6. The highest BCUT2D eigenvalue weighted by Crippen LogP contribution is 2.44. The molecule has 0 saturated carbocycles. The molecule has 1 amide bonds. The number of fused-ring (bicyclic) bond motifs is 3. The first kappa shape index (κ1) is 22.9. The molecule has 0 aromatic heterocycles. The molecule has 0 radical (unpaired) electrons. The number of amides is 1. The Morgan fingerprint density at radius 3 is 1.97 bits per heavy atom. The third-order valence-electron chi connectivity index (χ3n) is 5.87. The molecule has 0 fully saturated rings. The summed E-state index contributed by atoms with van der Waals surface area (Å²) in [5, 5.41) is 2.89. The van der Waals surface area contributed by atoms with E-state index in [9.17, 15) is 9.59 Å². The Kier molecular flexibility index (Phi) is 6.44. The lowest BCUT2D eigenvalue weighted by Gasteiger charge is -2.32. The highest BCUT2D eigenvalue weighted by molar-refractivity contribution is 5.79. The van der Waals surface area contributed by atoms with E-state index in [0.29, 0.717) is 0 Å². The SMILES string of the molecule is CC(NC(=O)OCC1c2ccccc2-c2ccccc21)C(C)(C)CC(=O)OC(C)(C)C. The van der Waals surface area contributed by atoms with E-state index in [1.807, 2.05) is 65.8 Å². The minimum absolute atomic E-state index is 0.0169. The number of ether oxygens (including phenoxy) is 2. The van der Waals surface area contributed by atoms with Crippen molar-refractivity contribution in [1.29, 1.82) is 0 Å². The Bertz CT molecular complexity index is 912. The van der Waals surface area contributed by atoms with Crippen LogP contribution in [0.25, 0.3) is 11.1 Å². The Labute approximate surface area is 185 Å². The molecule has 3 rings (SSSR count). The van der Waals surface area contributed by atoms with Crippen LogP contribution in [0.2, 0.25) is 0 Å². The van der Waals surface area contributed by atoms with Gasteiger partial charge in [-0.2, -0.15) is 0 Å². The monoisotopic (exact) mass is 423 g/mol. The molecule has 5 nitrogen and oxygen atoms in total. The van der Waals surface area contributed by atoms with Crippen molar-refractivity contribution in [3.63, 3.8) is 0 Å². The van der Waals surface area contributed by atoms with E-state index in [2.05, 4.69) is 29.6 Å². The second kappa shape index (κ2) is 8.74. The van der Waals surface area contributed by atoms with Gasteiger partial charge in [0.15, 0.2) is 0 Å². The maximum atomic E-state index is 12.5. The highest BCUT2D eigenvalue weighted by Gasteiger charge is 2.33. The molecule has 5 heteroatoms. The van der Waals surface area contributed by atoms with Crippen molar-refractivity contribution in [2.75, 3.05) is 6.61 Å². The third-order valence-corrected chi connectivity index (χ3v) is 5.87. The van der Waals surface area contributed by atoms with Crippen LogP contribution in [0.4, 0.5) is 4.79 Å². The van der Waals surface area contributed by atoms with Gasteiger partial charge in [-0.15, -0.1) is 0 Å². The maximum Gasteiger partial charge on any atom is 0.407 e. The fraction of sp³-hybridized carbons (Fsp3) is 0.462. The number of hydrogen-bond donors (Lipinski definition) is 1. The molecule has 0 bridgehead atoms. The summed E-state index contributed by atoms with van der Waals surface area (Å²) in [6.07, 6.45) is -0.277. The van der Waals surface area contributed by atoms with Crippen LogP contribution in [0.1, 0.15) is 65.0 Å². The lowest BCUT2D eigenvalue weighted by molar-refractivity contribution is -0.157. The predicted octanol–water partition coefficient (Wildman–Crippen LogP) is 5.67. The lowest BCUT2D eigenvalue weighted by atomic mass is 9.82. The highest BCUT2D eigenvalue weighted by atomic mass is 16.6. The molecular weight excluding hydrogens is 390 g/mol. The summed E-state index contributed by atoms with van der Waals surface area (Å²) < 4.78 is 11.1. The number of alkyl carbamates (subject to hydrolysis) is 1. The molecule has 166 valence electrons. The van der Waals surface area contributed by atoms with Crippen molar-refractivity contribution >= 4 is 12.1 Å². The van der Waals surface area contributed by atoms with Gasteiger partial charge in [0.25, 0.3) is 0 Å². The third kappa shape index (κ3) is 5.46. The van der Waals surface area contributed by atoms with Gasteiger partial charge >= 0.3 is 12.1 Å². The predicted molar refractivity (Wildman–Crippen MR) is 122 cm³/mol. The standard InChI is InChI=1S/C26H33NO4/c1-17(26(5,6)15-23(28)31-25(2,3)4)27-24(29)30-16-22-20-13-9-7-11-18(20)19-12-8-10-14-21(19)22/h7-14,17,22H,15-16H2,1-6H3,(H,27,29). The molecule has 31 heavy (non-hydrogen) atoms. The molecule has 1 aliphatic rings. The summed E-state index contributed by atoms with van der Waals surface area (Å²) in [4.78, 5) is 24.8. The largest absolute Gasteiger partial charge is 0.460 e. The zero-order chi connectivity index (χ0) is 22.8. The summed E-state index contributed by atoms with van der Waals surface area (Å²) in [6, 6.07) is 16.2.